The smallest absolute Gasteiger partial charge is 0.349 e. The van der Waals surface area contributed by atoms with E-state index in [4.69, 9.17) is 9.47 Å². The molecule has 144 valence electrons. The van der Waals surface area contributed by atoms with E-state index < -0.39 is 22.9 Å². The molecule has 0 bridgehead atoms. The molecule has 1 aromatic carbocycles. The van der Waals surface area contributed by atoms with Crippen LogP contribution >= 0.6 is 11.3 Å². The van der Waals surface area contributed by atoms with E-state index in [9.17, 15) is 19.7 Å². The van der Waals surface area contributed by atoms with Crippen LogP contribution in [0.15, 0.2) is 24.3 Å². The number of esters is 1. The zero-order valence-electron chi connectivity index (χ0n) is 15.4. The predicted molar refractivity (Wildman–Crippen MR) is 102 cm³/mol. The molecule has 0 aliphatic heterocycles. The van der Waals surface area contributed by atoms with Crippen LogP contribution in [-0.2, 0) is 16.0 Å². The maximum atomic E-state index is 12.3. The zero-order chi connectivity index (χ0) is 20.1. The van der Waals surface area contributed by atoms with Gasteiger partial charge in [0.05, 0.1) is 23.8 Å². The average Bonchev–Trinajstić information content (AvgIpc) is 3.02. The standard InChI is InChI=1S/C18H20N2O6S/c1-5-15-10(2)8-16(27-15)18(22)26-11(3)17(21)19-13-7-6-12(20(23)24)9-14(13)25-4/h6-9,11H,5H2,1-4H3,(H,19,21)/t11-/m0/s1. The van der Waals surface area contributed by atoms with Crippen LogP contribution in [0.4, 0.5) is 11.4 Å². The molecule has 27 heavy (non-hydrogen) atoms. The van der Waals surface area contributed by atoms with Crippen LogP contribution in [0, 0.1) is 17.0 Å². The summed E-state index contributed by atoms with van der Waals surface area (Å²) in [6, 6.07) is 5.55. The molecule has 0 radical (unpaired) electrons. The van der Waals surface area contributed by atoms with Crippen molar-refractivity contribution in [3.8, 4) is 5.75 Å². The zero-order valence-corrected chi connectivity index (χ0v) is 16.2. The van der Waals surface area contributed by atoms with E-state index in [0.29, 0.717) is 4.88 Å². The average molecular weight is 392 g/mol. The van der Waals surface area contributed by atoms with Gasteiger partial charge in [-0.3, -0.25) is 14.9 Å². The van der Waals surface area contributed by atoms with Gasteiger partial charge >= 0.3 is 5.97 Å². The van der Waals surface area contributed by atoms with Gasteiger partial charge in [0.15, 0.2) is 6.10 Å². The first-order valence-corrected chi connectivity index (χ1v) is 9.02. The number of benzene rings is 1. The Balaban J connectivity index is 2.07. The summed E-state index contributed by atoms with van der Waals surface area (Å²) in [5.74, 6) is -1.00. The van der Waals surface area contributed by atoms with E-state index >= 15 is 0 Å². The van der Waals surface area contributed by atoms with Gasteiger partial charge in [-0.25, -0.2) is 4.79 Å². The van der Waals surface area contributed by atoms with E-state index in [1.807, 2.05) is 13.8 Å². The number of ether oxygens (including phenoxy) is 2. The number of nitrogens with zero attached hydrogens (tertiary/aromatic N) is 1. The molecule has 0 aliphatic carbocycles. The van der Waals surface area contributed by atoms with Crippen molar-refractivity contribution >= 4 is 34.6 Å². The normalized spacial score (nSPS) is 11.6. The Labute approximate surface area is 160 Å². The van der Waals surface area contributed by atoms with Crippen molar-refractivity contribution in [2.24, 2.45) is 0 Å². The van der Waals surface area contributed by atoms with Crippen molar-refractivity contribution in [2.45, 2.75) is 33.3 Å². The number of carbonyl (C=O) groups is 2. The summed E-state index contributed by atoms with van der Waals surface area (Å²) in [5, 5.41) is 13.4. The second-order valence-corrected chi connectivity index (χ2v) is 6.89. The highest BCUT2D eigenvalue weighted by atomic mass is 32.1. The first kappa shape index (κ1) is 20.4. The summed E-state index contributed by atoms with van der Waals surface area (Å²) in [6.07, 6.45) is -0.232. The van der Waals surface area contributed by atoms with Gasteiger partial charge in [-0.1, -0.05) is 6.92 Å². The summed E-state index contributed by atoms with van der Waals surface area (Å²) in [6.45, 7) is 5.37. The Bertz CT molecular complexity index is 877. The molecule has 1 atom stereocenters. The lowest BCUT2D eigenvalue weighted by Crippen LogP contribution is -2.30. The van der Waals surface area contributed by atoms with Crippen LogP contribution in [-0.4, -0.2) is 30.0 Å². The Kier molecular flexibility index (Phi) is 6.51. The van der Waals surface area contributed by atoms with Gasteiger partial charge in [0.1, 0.15) is 10.6 Å². The largest absolute Gasteiger partial charge is 0.494 e. The van der Waals surface area contributed by atoms with Crippen LogP contribution in [0.2, 0.25) is 0 Å². The number of hydrogen-bond donors (Lipinski definition) is 1. The monoisotopic (exact) mass is 392 g/mol. The van der Waals surface area contributed by atoms with Gasteiger partial charge in [-0.2, -0.15) is 0 Å². The first-order valence-electron chi connectivity index (χ1n) is 8.20. The summed E-state index contributed by atoms with van der Waals surface area (Å²) >= 11 is 1.35. The lowest BCUT2D eigenvalue weighted by atomic mass is 10.2. The van der Waals surface area contributed by atoms with Gasteiger partial charge in [-0.15, -0.1) is 11.3 Å². The fourth-order valence-corrected chi connectivity index (χ4v) is 3.37. The lowest BCUT2D eigenvalue weighted by molar-refractivity contribution is -0.384. The second-order valence-electron chi connectivity index (χ2n) is 5.75. The maximum Gasteiger partial charge on any atom is 0.349 e. The van der Waals surface area contributed by atoms with Crippen molar-refractivity contribution < 1.29 is 24.0 Å². The quantitative estimate of drug-likeness (QED) is 0.437. The minimum atomic E-state index is -1.05. The van der Waals surface area contributed by atoms with Crippen LogP contribution in [0.3, 0.4) is 0 Å². The van der Waals surface area contributed by atoms with E-state index in [1.165, 1.54) is 43.6 Å². The van der Waals surface area contributed by atoms with Gasteiger partial charge < -0.3 is 14.8 Å². The Hall–Kier alpha value is -2.94. The minimum absolute atomic E-state index is 0.137. The van der Waals surface area contributed by atoms with Crippen LogP contribution in [0.5, 0.6) is 5.75 Å². The second kappa shape index (κ2) is 8.63. The lowest BCUT2D eigenvalue weighted by Gasteiger charge is -2.14. The molecule has 0 fully saturated rings. The SMILES string of the molecule is CCc1sc(C(=O)O[C@@H](C)C(=O)Nc2ccc([N+](=O)[O-])cc2OC)cc1C. The van der Waals surface area contributed by atoms with Gasteiger partial charge in [0, 0.05) is 10.9 Å². The number of rotatable bonds is 7. The van der Waals surface area contributed by atoms with Gasteiger partial charge in [0.2, 0.25) is 0 Å². The third-order valence-electron chi connectivity index (χ3n) is 3.85. The third-order valence-corrected chi connectivity index (χ3v) is 5.21. The molecule has 2 rings (SSSR count). The maximum absolute atomic E-state index is 12.3. The molecule has 1 amide bonds. The third kappa shape index (κ3) is 4.82. The van der Waals surface area contributed by atoms with Crippen LogP contribution < -0.4 is 10.1 Å². The first-order chi connectivity index (χ1) is 12.8. The summed E-state index contributed by atoms with van der Waals surface area (Å²) < 4.78 is 10.3. The summed E-state index contributed by atoms with van der Waals surface area (Å²) in [4.78, 5) is 36.4. The number of nitrogens with one attached hydrogen (secondary N) is 1. The summed E-state index contributed by atoms with van der Waals surface area (Å²) in [7, 11) is 1.34. The number of aryl methyl sites for hydroxylation is 2. The molecule has 1 heterocycles. The van der Waals surface area contributed by atoms with Crippen molar-refractivity contribution in [3.63, 3.8) is 0 Å². The number of carbonyl (C=O) groups excluding carboxylic acids is 2. The molecular formula is C18H20N2O6S. The number of hydrogen-bond acceptors (Lipinski definition) is 7. The molecule has 0 saturated carbocycles. The molecule has 0 aliphatic rings. The van der Waals surface area contributed by atoms with Crippen molar-refractivity contribution in [1.29, 1.82) is 0 Å². The molecular weight excluding hydrogens is 372 g/mol. The van der Waals surface area contributed by atoms with Crippen molar-refractivity contribution in [3.05, 3.63) is 49.7 Å². The number of thiophene rings is 1. The van der Waals surface area contributed by atoms with Gasteiger partial charge in [0.25, 0.3) is 11.6 Å². The molecule has 0 unspecified atom stereocenters. The molecule has 0 spiro atoms. The fourth-order valence-electron chi connectivity index (χ4n) is 2.37. The highest BCUT2D eigenvalue weighted by molar-refractivity contribution is 7.14. The number of non-ortho nitro benzene ring substituents is 1. The van der Waals surface area contributed by atoms with Gasteiger partial charge in [-0.05, 0) is 38.0 Å². The molecule has 9 heteroatoms. The Morgan fingerprint density at radius 3 is 2.59 bits per heavy atom. The molecule has 2 aromatic rings. The minimum Gasteiger partial charge on any atom is -0.494 e. The van der Waals surface area contributed by atoms with Crippen molar-refractivity contribution in [2.75, 3.05) is 12.4 Å². The predicted octanol–water partition coefficient (Wildman–Crippen LogP) is 3.72. The van der Waals surface area contributed by atoms with Crippen LogP contribution in [0.25, 0.3) is 0 Å². The highest BCUT2D eigenvalue weighted by Gasteiger charge is 2.22. The van der Waals surface area contributed by atoms with Crippen molar-refractivity contribution in [1.82, 2.24) is 0 Å². The van der Waals surface area contributed by atoms with Crippen LogP contribution in [0.1, 0.15) is 34.0 Å². The molecule has 8 nitrogen and oxygen atoms in total. The summed E-state index contributed by atoms with van der Waals surface area (Å²) in [5.41, 5.74) is 1.10. The fraction of sp³-hybridized carbons (Fsp3) is 0.333. The number of methoxy groups -OCH3 is 1. The van der Waals surface area contributed by atoms with E-state index in [0.717, 1.165) is 16.9 Å². The van der Waals surface area contributed by atoms with E-state index in [-0.39, 0.29) is 17.1 Å². The molecule has 0 saturated heterocycles. The van der Waals surface area contributed by atoms with E-state index in [2.05, 4.69) is 5.32 Å². The number of nitro groups is 1. The Morgan fingerprint density at radius 1 is 1.33 bits per heavy atom. The number of nitro benzene ring substituents is 1. The number of amides is 1. The molecule has 1 aromatic heterocycles. The highest BCUT2D eigenvalue weighted by Crippen LogP contribution is 2.29. The topological polar surface area (TPSA) is 108 Å². The Morgan fingerprint density at radius 2 is 2.04 bits per heavy atom. The van der Waals surface area contributed by atoms with E-state index in [1.54, 1.807) is 6.07 Å². The number of anilines is 1. The molecule has 1 N–H and O–H groups in total.